The molecule has 3 heteroatoms. The summed E-state index contributed by atoms with van der Waals surface area (Å²) in [5.41, 5.74) is 27.4. The molecular formula is C65H60BNO. The summed E-state index contributed by atoms with van der Waals surface area (Å²) in [4.78, 5) is 2.74. The number of unbranched alkanes of at least 4 members (excludes halogenated alkanes) is 1. The average Bonchev–Trinajstić information content (AvgIpc) is 3.72. The van der Waals surface area contributed by atoms with Crippen LogP contribution in [0.15, 0.2) is 156 Å². The minimum Gasteiger partial charge on any atom is -0.456 e. The Labute approximate surface area is 403 Å². The predicted molar refractivity (Wildman–Crippen MR) is 288 cm³/mol. The Bertz CT molecular complexity index is 3570. The van der Waals surface area contributed by atoms with E-state index in [9.17, 15) is 0 Å². The molecule has 8 aromatic carbocycles. The fourth-order valence-electron chi connectivity index (χ4n) is 13.4. The van der Waals surface area contributed by atoms with Crippen molar-refractivity contribution in [3.8, 4) is 33.4 Å². The first kappa shape index (κ1) is 41.6. The van der Waals surface area contributed by atoms with Gasteiger partial charge in [0.25, 0.3) is 0 Å². The van der Waals surface area contributed by atoms with E-state index in [-0.39, 0.29) is 29.0 Å². The average molecular weight is 882 g/mol. The van der Waals surface area contributed by atoms with Crippen LogP contribution in [0.25, 0.3) is 55.3 Å². The Kier molecular flexibility index (Phi) is 9.00. The van der Waals surface area contributed by atoms with E-state index in [1.54, 1.807) is 0 Å². The Morgan fingerprint density at radius 3 is 2.10 bits per heavy atom. The molecule has 0 saturated carbocycles. The smallest absolute Gasteiger partial charge is 0.329 e. The Morgan fingerprint density at radius 1 is 0.588 bits per heavy atom. The number of nitrogens with zero attached hydrogens (tertiary/aromatic N) is 1. The number of hydrogen-bond donors (Lipinski definition) is 0. The van der Waals surface area contributed by atoms with Crippen molar-refractivity contribution in [2.75, 3.05) is 4.81 Å². The van der Waals surface area contributed by atoms with Crippen molar-refractivity contribution >= 4 is 51.1 Å². The van der Waals surface area contributed by atoms with Gasteiger partial charge in [-0.15, -0.1) is 0 Å². The summed E-state index contributed by atoms with van der Waals surface area (Å²) in [5, 5.41) is 2.44. The van der Waals surface area contributed by atoms with E-state index in [0.29, 0.717) is 0 Å². The van der Waals surface area contributed by atoms with Gasteiger partial charge in [0.2, 0.25) is 0 Å². The van der Waals surface area contributed by atoms with E-state index >= 15 is 0 Å². The number of anilines is 2. The summed E-state index contributed by atoms with van der Waals surface area (Å²) < 4.78 is 7.60. The molecule has 0 bridgehead atoms. The second kappa shape index (κ2) is 14.7. The van der Waals surface area contributed by atoms with Crippen LogP contribution >= 0.6 is 0 Å². The standard InChI is InChI=1S/C65H60BNO/c1-9-10-20-40-28-29-44(47(34-40)41-21-12-11-13-22-41)58-50-36-42(43-23-15-14-19-39(43)2)35-49-45-24-18-26-52-61(45)67(56-27-17-16-25-51(56)65(52,7)8)66(60(49)50)55-31-30-46-48-37-53-54(38-57(48)68-62(46)59(55)58)64(5,6)33-32-63(53,3)4/h11-19,21-31,34-38,58H,9-10,20,32-33H2,1-8H3. The monoisotopic (exact) mass is 881 g/mol. The van der Waals surface area contributed by atoms with E-state index in [1.807, 2.05) is 0 Å². The molecule has 3 aliphatic heterocycles. The van der Waals surface area contributed by atoms with Gasteiger partial charge < -0.3 is 9.23 Å². The van der Waals surface area contributed by atoms with Crippen molar-refractivity contribution in [2.24, 2.45) is 0 Å². The largest absolute Gasteiger partial charge is 0.456 e. The van der Waals surface area contributed by atoms with Crippen LogP contribution in [0.2, 0.25) is 0 Å². The first-order chi connectivity index (χ1) is 32.9. The molecule has 1 atom stereocenters. The highest BCUT2D eigenvalue weighted by molar-refractivity contribution is 6.92. The molecule has 0 radical (unpaired) electrons. The molecule has 68 heavy (non-hydrogen) atoms. The van der Waals surface area contributed by atoms with Crippen LogP contribution in [0.5, 0.6) is 0 Å². The summed E-state index contributed by atoms with van der Waals surface area (Å²) in [6.45, 7) is 19.1. The van der Waals surface area contributed by atoms with Gasteiger partial charge in [0.05, 0.1) is 0 Å². The second-order valence-electron chi connectivity index (χ2n) is 22.5. The summed E-state index contributed by atoms with van der Waals surface area (Å²) in [5.74, 6) is -0.123. The van der Waals surface area contributed by atoms with E-state index < -0.39 is 0 Å². The van der Waals surface area contributed by atoms with Gasteiger partial charge in [-0.3, -0.25) is 0 Å². The third-order valence-corrected chi connectivity index (χ3v) is 17.2. The van der Waals surface area contributed by atoms with Gasteiger partial charge in [0.15, 0.2) is 0 Å². The van der Waals surface area contributed by atoms with E-state index in [4.69, 9.17) is 4.42 Å². The van der Waals surface area contributed by atoms with Gasteiger partial charge in [0, 0.05) is 44.6 Å². The topological polar surface area (TPSA) is 16.4 Å². The van der Waals surface area contributed by atoms with Crippen LogP contribution in [-0.2, 0) is 22.7 Å². The number of benzene rings is 8. The molecule has 0 saturated heterocycles. The third kappa shape index (κ3) is 5.84. The van der Waals surface area contributed by atoms with E-state index in [1.165, 1.54) is 136 Å². The fraction of sp³-hybridized carbons (Fsp3) is 0.262. The van der Waals surface area contributed by atoms with Crippen LogP contribution in [0.4, 0.5) is 11.4 Å². The highest BCUT2D eigenvalue weighted by atomic mass is 16.3. The van der Waals surface area contributed by atoms with Crippen molar-refractivity contribution in [3.05, 3.63) is 202 Å². The zero-order valence-electron chi connectivity index (χ0n) is 41.0. The van der Waals surface area contributed by atoms with Crippen LogP contribution < -0.4 is 15.7 Å². The lowest BCUT2D eigenvalue weighted by atomic mass is 9.39. The Morgan fingerprint density at radius 2 is 1.31 bits per heavy atom. The molecule has 4 heterocycles. The maximum Gasteiger partial charge on any atom is 0.329 e. The van der Waals surface area contributed by atoms with Gasteiger partial charge in [0.1, 0.15) is 11.2 Å². The SMILES string of the molecule is CCCCc1ccc(C2c3cc(-c4ccccc4C)cc4c3B(c3ccc5c(oc6cc7c(cc65)C(C)(C)CCC7(C)C)c32)N2c3ccccc3C(C)(C)c3cccc-4c32)c(-c2ccccc2)c1. The minimum atomic E-state index is -0.195. The van der Waals surface area contributed by atoms with Crippen molar-refractivity contribution in [2.45, 2.75) is 110 Å². The highest BCUT2D eigenvalue weighted by Gasteiger charge is 2.51. The molecule has 0 amide bonds. The molecule has 2 nitrogen and oxygen atoms in total. The number of hydrogen-bond acceptors (Lipinski definition) is 2. The Balaban J connectivity index is 1.21. The van der Waals surface area contributed by atoms with E-state index in [2.05, 4.69) is 212 Å². The molecule has 4 aliphatic rings. The maximum atomic E-state index is 7.60. The molecule has 0 fully saturated rings. The molecule has 13 rings (SSSR count). The fourth-order valence-corrected chi connectivity index (χ4v) is 13.4. The molecular weight excluding hydrogens is 822 g/mol. The minimum absolute atomic E-state index is 0.0635. The molecule has 9 aromatic rings. The maximum absolute atomic E-state index is 7.60. The number of rotatable bonds is 6. The predicted octanol–water partition coefficient (Wildman–Crippen LogP) is 16.0. The zero-order valence-corrected chi connectivity index (χ0v) is 41.0. The molecule has 0 N–H and O–H groups in total. The Hall–Kier alpha value is -6.58. The van der Waals surface area contributed by atoms with Gasteiger partial charge in [-0.25, -0.2) is 0 Å². The molecule has 334 valence electrons. The lowest BCUT2D eigenvalue weighted by Crippen LogP contribution is -2.63. The first-order valence-corrected chi connectivity index (χ1v) is 25.3. The summed E-state index contributed by atoms with van der Waals surface area (Å²) in [6.07, 6.45) is 5.73. The van der Waals surface area contributed by atoms with Gasteiger partial charge >= 0.3 is 6.85 Å². The summed E-state index contributed by atoms with van der Waals surface area (Å²) in [7, 11) is 0. The van der Waals surface area contributed by atoms with Crippen molar-refractivity contribution in [1.82, 2.24) is 0 Å². The van der Waals surface area contributed by atoms with Gasteiger partial charge in [-0.2, -0.15) is 0 Å². The van der Waals surface area contributed by atoms with Crippen molar-refractivity contribution in [1.29, 1.82) is 0 Å². The van der Waals surface area contributed by atoms with Crippen LogP contribution in [0.3, 0.4) is 0 Å². The lowest BCUT2D eigenvalue weighted by Gasteiger charge is -2.51. The number of para-hydroxylation sites is 2. The van der Waals surface area contributed by atoms with Gasteiger partial charge in [-0.1, -0.05) is 182 Å². The zero-order chi connectivity index (χ0) is 46.4. The van der Waals surface area contributed by atoms with E-state index in [0.717, 1.165) is 24.0 Å². The quantitative estimate of drug-likeness (QED) is 0.155. The van der Waals surface area contributed by atoms with Crippen LogP contribution in [0, 0.1) is 6.92 Å². The molecule has 1 aromatic heterocycles. The summed E-state index contributed by atoms with van der Waals surface area (Å²) in [6, 6.07) is 58.9. The number of furan rings is 1. The van der Waals surface area contributed by atoms with Crippen LogP contribution in [-0.4, -0.2) is 6.85 Å². The van der Waals surface area contributed by atoms with Crippen molar-refractivity contribution in [3.63, 3.8) is 0 Å². The van der Waals surface area contributed by atoms with Crippen LogP contribution in [0.1, 0.15) is 130 Å². The highest BCUT2D eigenvalue weighted by Crippen LogP contribution is 2.57. The molecule has 1 unspecified atom stereocenters. The molecule has 1 aliphatic carbocycles. The number of aryl methyl sites for hydroxylation is 2. The second-order valence-corrected chi connectivity index (χ2v) is 22.5. The first-order valence-electron chi connectivity index (χ1n) is 25.3. The van der Waals surface area contributed by atoms with Gasteiger partial charge in [-0.05, 0) is 151 Å². The lowest BCUT2D eigenvalue weighted by molar-refractivity contribution is 0.332. The third-order valence-electron chi connectivity index (χ3n) is 17.2. The van der Waals surface area contributed by atoms with Crippen molar-refractivity contribution < 1.29 is 4.42 Å². The molecule has 0 spiro atoms. The number of fused-ring (bicyclic) bond motifs is 11. The normalized spacial score (nSPS) is 17.6. The summed E-state index contributed by atoms with van der Waals surface area (Å²) >= 11 is 0.